The van der Waals surface area contributed by atoms with Gasteiger partial charge in [-0.05, 0) is 48.3 Å². The molecule has 0 amide bonds. The summed E-state index contributed by atoms with van der Waals surface area (Å²) in [6.07, 6.45) is -8.35. The summed E-state index contributed by atoms with van der Waals surface area (Å²) in [6, 6.07) is 2.17. The highest BCUT2D eigenvalue weighted by atomic mass is 32.1. The molecule has 0 aromatic carbocycles. The quantitative estimate of drug-likeness (QED) is 0.500. The standard InChI is InChI=1S/C16H24N2O2S.2C2HF3O2/c1-2-17-9-14-10-18(8-13-4-7-21-11-13)6-3-5-16(14,12-17)15(19)20;2*3-2(4,5)1(6)7/h4,7,11,14H,2-3,5-6,8-10,12H2,1H3,(H,19,20);2*(H,6,7)/t14-,16+;;/m1../s1. The number of fused-ring (bicyclic) bond motifs is 1. The Morgan fingerprint density at radius 3 is 1.94 bits per heavy atom. The second-order valence-electron chi connectivity index (χ2n) is 8.06. The Balaban J connectivity index is 0.000000362. The lowest BCUT2D eigenvalue weighted by Gasteiger charge is -2.29. The Morgan fingerprint density at radius 2 is 1.54 bits per heavy atom. The summed E-state index contributed by atoms with van der Waals surface area (Å²) >= 11 is 1.73. The van der Waals surface area contributed by atoms with Crippen LogP contribution in [0.3, 0.4) is 0 Å². The van der Waals surface area contributed by atoms with E-state index in [1.807, 2.05) is 0 Å². The van der Waals surface area contributed by atoms with E-state index in [0.717, 1.165) is 52.1 Å². The van der Waals surface area contributed by atoms with Gasteiger partial charge in [0.25, 0.3) is 0 Å². The first-order valence-corrected chi connectivity index (χ1v) is 11.3. The van der Waals surface area contributed by atoms with Gasteiger partial charge >= 0.3 is 30.3 Å². The zero-order valence-corrected chi connectivity index (χ0v) is 19.4. The van der Waals surface area contributed by atoms with Gasteiger partial charge in [-0.25, -0.2) is 9.59 Å². The number of nitrogens with zero attached hydrogens (tertiary/aromatic N) is 2. The molecule has 0 spiro atoms. The molecule has 8 nitrogen and oxygen atoms in total. The minimum absolute atomic E-state index is 0.260. The minimum atomic E-state index is -5.08. The van der Waals surface area contributed by atoms with Gasteiger partial charge in [0.1, 0.15) is 0 Å². The van der Waals surface area contributed by atoms with E-state index in [4.69, 9.17) is 19.8 Å². The monoisotopic (exact) mass is 536 g/mol. The van der Waals surface area contributed by atoms with E-state index in [-0.39, 0.29) is 5.92 Å². The smallest absolute Gasteiger partial charge is 0.481 e. The average molecular weight is 536 g/mol. The lowest BCUT2D eigenvalue weighted by Crippen LogP contribution is -2.41. The molecule has 2 atom stereocenters. The van der Waals surface area contributed by atoms with Crippen molar-refractivity contribution in [3.8, 4) is 0 Å². The van der Waals surface area contributed by atoms with Crippen LogP contribution in [0.25, 0.3) is 0 Å². The van der Waals surface area contributed by atoms with Crippen molar-refractivity contribution in [2.75, 3.05) is 32.7 Å². The van der Waals surface area contributed by atoms with E-state index in [1.54, 1.807) is 11.3 Å². The maximum atomic E-state index is 12.0. The zero-order valence-electron chi connectivity index (χ0n) is 18.6. The van der Waals surface area contributed by atoms with Gasteiger partial charge in [0.2, 0.25) is 0 Å². The second kappa shape index (κ2) is 12.5. The number of aliphatic carboxylic acids is 3. The fraction of sp³-hybridized carbons (Fsp3) is 0.650. The molecular weight excluding hydrogens is 510 g/mol. The lowest BCUT2D eigenvalue weighted by atomic mass is 9.75. The van der Waals surface area contributed by atoms with Crippen molar-refractivity contribution in [1.29, 1.82) is 0 Å². The topological polar surface area (TPSA) is 118 Å². The van der Waals surface area contributed by atoms with Crippen LogP contribution >= 0.6 is 11.3 Å². The van der Waals surface area contributed by atoms with Gasteiger partial charge in [-0.15, -0.1) is 0 Å². The van der Waals surface area contributed by atoms with Crippen LogP contribution in [0.15, 0.2) is 16.8 Å². The molecule has 2 aliphatic rings. The number of halogens is 6. The van der Waals surface area contributed by atoms with E-state index in [2.05, 4.69) is 33.6 Å². The fourth-order valence-electron chi connectivity index (χ4n) is 3.99. The molecule has 0 saturated carbocycles. The fourth-order valence-corrected chi connectivity index (χ4v) is 4.65. The summed E-state index contributed by atoms with van der Waals surface area (Å²) in [6.45, 7) is 7.65. The van der Waals surface area contributed by atoms with Gasteiger partial charge in [0, 0.05) is 32.1 Å². The molecule has 3 rings (SSSR count). The number of hydrogen-bond acceptors (Lipinski definition) is 6. The highest BCUT2D eigenvalue weighted by Gasteiger charge is 2.52. The number of alkyl halides is 6. The van der Waals surface area contributed by atoms with Crippen molar-refractivity contribution in [1.82, 2.24) is 9.80 Å². The average Bonchev–Trinajstić information content (AvgIpc) is 3.32. The molecule has 200 valence electrons. The molecular formula is C20H26F6N2O6S. The summed E-state index contributed by atoms with van der Waals surface area (Å²) < 4.78 is 63.5. The largest absolute Gasteiger partial charge is 0.490 e. The Kier molecular flexibility index (Phi) is 11.0. The first-order chi connectivity index (χ1) is 16.0. The summed E-state index contributed by atoms with van der Waals surface area (Å²) in [5.74, 6) is -5.84. The van der Waals surface area contributed by atoms with Gasteiger partial charge in [-0.3, -0.25) is 9.69 Å². The predicted octanol–water partition coefficient (Wildman–Crippen LogP) is 3.63. The molecule has 2 saturated heterocycles. The molecule has 3 N–H and O–H groups in total. The third-order valence-electron chi connectivity index (χ3n) is 5.69. The molecule has 1 aromatic heterocycles. The molecule has 2 fully saturated rings. The van der Waals surface area contributed by atoms with Crippen molar-refractivity contribution < 1.29 is 56.0 Å². The van der Waals surface area contributed by atoms with Gasteiger partial charge in [0.15, 0.2) is 0 Å². The summed E-state index contributed by atoms with van der Waals surface area (Å²) in [5.41, 5.74) is 0.840. The SMILES string of the molecule is CCN1C[C@@H]2CN(Cc3ccsc3)CCC[C@]2(C(=O)O)C1.O=C(O)C(F)(F)F.O=C(O)C(F)(F)F. The minimum Gasteiger partial charge on any atom is -0.481 e. The summed E-state index contributed by atoms with van der Waals surface area (Å²) in [7, 11) is 0. The van der Waals surface area contributed by atoms with Crippen molar-refractivity contribution in [3.63, 3.8) is 0 Å². The number of carboxylic acid groups (broad SMARTS) is 3. The molecule has 0 radical (unpaired) electrons. The first-order valence-electron chi connectivity index (χ1n) is 10.3. The van der Waals surface area contributed by atoms with Crippen LogP contribution in [0, 0.1) is 11.3 Å². The first kappa shape index (κ1) is 30.6. The highest BCUT2D eigenvalue weighted by Crippen LogP contribution is 2.43. The number of carboxylic acids is 3. The summed E-state index contributed by atoms with van der Waals surface area (Å²) in [4.78, 5) is 34.5. The van der Waals surface area contributed by atoms with E-state index in [1.165, 1.54) is 5.56 Å². The third-order valence-corrected chi connectivity index (χ3v) is 6.42. The van der Waals surface area contributed by atoms with Crippen LogP contribution in [0.2, 0.25) is 0 Å². The van der Waals surface area contributed by atoms with E-state index in [9.17, 15) is 36.2 Å². The maximum absolute atomic E-state index is 12.0. The Bertz CT molecular complexity index is 824. The van der Waals surface area contributed by atoms with Gasteiger partial charge in [0.05, 0.1) is 5.41 Å². The van der Waals surface area contributed by atoms with Crippen molar-refractivity contribution >= 4 is 29.2 Å². The highest BCUT2D eigenvalue weighted by molar-refractivity contribution is 7.07. The number of carbonyl (C=O) groups is 3. The second-order valence-corrected chi connectivity index (χ2v) is 8.84. The molecule has 0 aliphatic carbocycles. The molecule has 0 bridgehead atoms. The third kappa shape index (κ3) is 9.29. The van der Waals surface area contributed by atoms with Crippen LogP contribution in [0.5, 0.6) is 0 Å². The van der Waals surface area contributed by atoms with Crippen molar-refractivity contribution in [2.24, 2.45) is 11.3 Å². The normalized spacial score (nSPS) is 23.1. The van der Waals surface area contributed by atoms with Crippen LogP contribution < -0.4 is 0 Å². The van der Waals surface area contributed by atoms with Crippen LogP contribution in [-0.2, 0) is 20.9 Å². The number of thiophene rings is 1. The van der Waals surface area contributed by atoms with E-state index in [0.29, 0.717) is 0 Å². The maximum Gasteiger partial charge on any atom is 0.490 e. The number of rotatable bonds is 4. The van der Waals surface area contributed by atoms with Crippen LogP contribution in [0.4, 0.5) is 26.3 Å². The van der Waals surface area contributed by atoms with Crippen LogP contribution in [-0.4, -0.2) is 88.1 Å². The Labute approximate surface area is 200 Å². The van der Waals surface area contributed by atoms with Crippen molar-refractivity contribution in [2.45, 2.75) is 38.7 Å². The van der Waals surface area contributed by atoms with Crippen molar-refractivity contribution in [3.05, 3.63) is 22.4 Å². The Hall–Kier alpha value is -2.39. The van der Waals surface area contributed by atoms with Crippen LogP contribution in [0.1, 0.15) is 25.3 Å². The van der Waals surface area contributed by atoms with E-state index >= 15 is 0 Å². The van der Waals surface area contributed by atoms with Gasteiger partial charge < -0.3 is 20.2 Å². The zero-order chi connectivity index (χ0) is 27.0. The van der Waals surface area contributed by atoms with Gasteiger partial charge in [-0.1, -0.05) is 6.92 Å². The lowest BCUT2D eigenvalue weighted by molar-refractivity contribution is -0.193. The molecule has 0 unspecified atom stereocenters. The number of hydrogen-bond donors (Lipinski definition) is 3. The molecule has 15 heteroatoms. The summed E-state index contributed by atoms with van der Waals surface area (Å²) in [5, 5.41) is 28.4. The molecule has 1 aromatic rings. The number of likely N-dealkylation sites (tertiary alicyclic amines) is 2. The molecule has 2 aliphatic heterocycles. The van der Waals surface area contributed by atoms with Gasteiger partial charge in [-0.2, -0.15) is 37.7 Å². The Morgan fingerprint density at radius 1 is 1.03 bits per heavy atom. The van der Waals surface area contributed by atoms with E-state index < -0.39 is 35.7 Å². The predicted molar refractivity (Wildman–Crippen MR) is 112 cm³/mol. The molecule has 35 heavy (non-hydrogen) atoms. The molecule has 3 heterocycles.